The predicted octanol–water partition coefficient (Wildman–Crippen LogP) is 4.33. The van der Waals surface area contributed by atoms with Crippen LogP contribution in [0.15, 0.2) is 54.7 Å². The van der Waals surface area contributed by atoms with Crippen molar-refractivity contribution >= 4 is 23.0 Å². The molecule has 2 atom stereocenters. The van der Waals surface area contributed by atoms with Gasteiger partial charge in [0.05, 0.1) is 37.2 Å². The standard InChI is InChI=1S/C24H28N4O2S/c1-16-15-18(17(2)27(16)13-14-29-3)23-22(19-9-7-8-12-25-19)26-24(31)28(23)20-10-5-6-11-21(20)30-4/h5-12,15,22-23H,13-14H2,1-4H3,(H,26,31)/t22-,23+/m0/s1. The first-order chi connectivity index (χ1) is 15.1. The maximum atomic E-state index is 5.84. The third kappa shape index (κ3) is 3.91. The van der Waals surface area contributed by atoms with Gasteiger partial charge >= 0.3 is 0 Å². The first-order valence-electron chi connectivity index (χ1n) is 10.4. The Bertz CT molecular complexity index is 1070. The number of benzene rings is 1. The van der Waals surface area contributed by atoms with Crippen LogP contribution in [0.5, 0.6) is 5.75 Å². The molecule has 0 amide bonds. The number of nitrogens with one attached hydrogen (secondary N) is 1. The molecule has 31 heavy (non-hydrogen) atoms. The molecule has 3 heterocycles. The molecule has 0 aliphatic carbocycles. The van der Waals surface area contributed by atoms with E-state index in [1.54, 1.807) is 14.2 Å². The molecule has 3 aromatic rings. The summed E-state index contributed by atoms with van der Waals surface area (Å²) in [4.78, 5) is 6.81. The third-order valence-corrected chi connectivity index (χ3v) is 6.21. The van der Waals surface area contributed by atoms with Crippen molar-refractivity contribution in [2.45, 2.75) is 32.5 Å². The lowest BCUT2D eigenvalue weighted by atomic mass is 9.96. The fourth-order valence-corrected chi connectivity index (χ4v) is 4.75. The van der Waals surface area contributed by atoms with Crippen LogP contribution in [0.1, 0.15) is 34.7 Å². The number of aryl methyl sites for hydroxylation is 1. The Hall–Kier alpha value is -2.90. The molecule has 1 fully saturated rings. The van der Waals surface area contributed by atoms with Gasteiger partial charge in [0.25, 0.3) is 0 Å². The van der Waals surface area contributed by atoms with Gasteiger partial charge in [0.15, 0.2) is 5.11 Å². The molecular formula is C24H28N4O2S. The number of hydrogen-bond acceptors (Lipinski definition) is 4. The molecule has 162 valence electrons. The second-order valence-corrected chi connectivity index (χ2v) is 8.03. The van der Waals surface area contributed by atoms with E-state index in [2.05, 4.69) is 39.7 Å². The number of rotatable bonds is 7. The quantitative estimate of drug-likeness (QED) is 0.557. The Morgan fingerprint density at radius 1 is 1.10 bits per heavy atom. The average Bonchev–Trinajstić information content (AvgIpc) is 3.28. The van der Waals surface area contributed by atoms with Gasteiger partial charge in [-0.3, -0.25) is 4.98 Å². The Kier molecular flexibility index (Phi) is 6.25. The summed E-state index contributed by atoms with van der Waals surface area (Å²) in [6.45, 7) is 5.77. The van der Waals surface area contributed by atoms with E-state index in [0.29, 0.717) is 11.7 Å². The minimum Gasteiger partial charge on any atom is -0.495 e. The minimum absolute atomic E-state index is 0.0683. The summed E-state index contributed by atoms with van der Waals surface area (Å²) in [7, 11) is 3.42. The molecule has 1 saturated heterocycles. The molecule has 0 radical (unpaired) electrons. The van der Waals surface area contributed by atoms with Crippen LogP contribution in [-0.4, -0.2) is 35.5 Å². The van der Waals surface area contributed by atoms with Crippen LogP contribution in [0, 0.1) is 13.8 Å². The highest BCUT2D eigenvalue weighted by molar-refractivity contribution is 7.80. The molecule has 4 rings (SSSR count). The topological polar surface area (TPSA) is 51.5 Å². The fourth-order valence-electron chi connectivity index (χ4n) is 4.41. The summed E-state index contributed by atoms with van der Waals surface area (Å²) in [5.74, 6) is 0.784. The molecule has 6 nitrogen and oxygen atoms in total. The van der Waals surface area contributed by atoms with Crippen molar-refractivity contribution in [2.75, 3.05) is 25.7 Å². The highest BCUT2D eigenvalue weighted by Crippen LogP contribution is 2.45. The van der Waals surface area contributed by atoms with Crippen molar-refractivity contribution in [1.29, 1.82) is 0 Å². The molecular weight excluding hydrogens is 408 g/mol. The molecule has 2 aromatic heterocycles. The molecule has 1 aromatic carbocycles. The van der Waals surface area contributed by atoms with Crippen molar-refractivity contribution in [1.82, 2.24) is 14.9 Å². The Balaban J connectivity index is 1.87. The Morgan fingerprint density at radius 3 is 2.58 bits per heavy atom. The smallest absolute Gasteiger partial charge is 0.174 e. The van der Waals surface area contributed by atoms with Crippen LogP contribution in [0.2, 0.25) is 0 Å². The van der Waals surface area contributed by atoms with Crippen LogP contribution in [0.4, 0.5) is 5.69 Å². The van der Waals surface area contributed by atoms with E-state index in [1.807, 2.05) is 48.7 Å². The molecule has 1 aliphatic rings. The maximum absolute atomic E-state index is 5.84. The summed E-state index contributed by atoms with van der Waals surface area (Å²) < 4.78 is 13.3. The van der Waals surface area contributed by atoms with Crippen LogP contribution in [0.25, 0.3) is 0 Å². The zero-order chi connectivity index (χ0) is 22.0. The van der Waals surface area contributed by atoms with E-state index >= 15 is 0 Å². The SMILES string of the molecule is COCCn1c(C)cc([C@@H]2[C@H](c3ccccn3)NC(=S)N2c2ccccc2OC)c1C. The van der Waals surface area contributed by atoms with E-state index < -0.39 is 0 Å². The van der Waals surface area contributed by atoms with E-state index in [-0.39, 0.29) is 12.1 Å². The first kappa shape index (κ1) is 21.3. The van der Waals surface area contributed by atoms with Gasteiger partial charge in [-0.2, -0.15) is 0 Å². The van der Waals surface area contributed by atoms with E-state index in [9.17, 15) is 0 Å². The third-order valence-electron chi connectivity index (χ3n) is 5.89. The van der Waals surface area contributed by atoms with Crippen LogP contribution in [-0.2, 0) is 11.3 Å². The molecule has 0 saturated carbocycles. The summed E-state index contributed by atoms with van der Waals surface area (Å²) in [6.07, 6.45) is 1.82. The number of pyridine rings is 1. The molecule has 0 spiro atoms. The number of nitrogens with zero attached hydrogens (tertiary/aromatic N) is 3. The molecule has 1 aliphatic heterocycles. The number of ether oxygens (including phenoxy) is 2. The molecule has 0 unspecified atom stereocenters. The molecule has 0 bridgehead atoms. The second-order valence-electron chi connectivity index (χ2n) is 7.64. The highest BCUT2D eigenvalue weighted by Gasteiger charge is 2.43. The summed E-state index contributed by atoms with van der Waals surface area (Å²) >= 11 is 5.84. The number of anilines is 1. The van der Waals surface area contributed by atoms with Crippen molar-refractivity contribution in [2.24, 2.45) is 0 Å². The van der Waals surface area contributed by atoms with Crippen molar-refractivity contribution in [3.8, 4) is 5.75 Å². The van der Waals surface area contributed by atoms with Crippen molar-refractivity contribution in [3.63, 3.8) is 0 Å². The number of aromatic nitrogens is 2. The summed E-state index contributed by atoms with van der Waals surface area (Å²) in [5, 5.41) is 4.18. The Labute approximate surface area is 188 Å². The van der Waals surface area contributed by atoms with Gasteiger partial charge in [0.1, 0.15) is 5.75 Å². The van der Waals surface area contributed by atoms with Gasteiger partial charge in [-0.15, -0.1) is 0 Å². The average molecular weight is 437 g/mol. The normalized spacial score (nSPS) is 18.3. The van der Waals surface area contributed by atoms with Gasteiger partial charge in [0.2, 0.25) is 0 Å². The lowest BCUT2D eigenvalue weighted by molar-refractivity contribution is 0.186. The number of thiocarbonyl (C=S) groups is 1. The van der Waals surface area contributed by atoms with Gasteiger partial charge in [-0.1, -0.05) is 18.2 Å². The highest BCUT2D eigenvalue weighted by atomic mass is 32.1. The largest absolute Gasteiger partial charge is 0.495 e. The molecule has 7 heteroatoms. The van der Waals surface area contributed by atoms with Crippen molar-refractivity contribution < 1.29 is 9.47 Å². The number of methoxy groups -OCH3 is 2. The van der Waals surface area contributed by atoms with Gasteiger partial charge in [0, 0.05) is 31.2 Å². The first-order valence-corrected chi connectivity index (χ1v) is 10.8. The van der Waals surface area contributed by atoms with E-state index in [0.717, 1.165) is 23.7 Å². The van der Waals surface area contributed by atoms with E-state index in [1.165, 1.54) is 17.0 Å². The Morgan fingerprint density at radius 2 is 1.87 bits per heavy atom. The monoisotopic (exact) mass is 436 g/mol. The van der Waals surface area contributed by atoms with Crippen LogP contribution >= 0.6 is 12.2 Å². The maximum Gasteiger partial charge on any atom is 0.174 e. The van der Waals surface area contributed by atoms with Gasteiger partial charge in [-0.25, -0.2) is 0 Å². The summed E-state index contributed by atoms with van der Waals surface area (Å²) in [5.41, 5.74) is 5.50. The predicted molar refractivity (Wildman–Crippen MR) is 127 cm³/mol. The zero-order valence-corrected chi connectivity index (χ0v) is 19.1. The fraction of sp³-hybridized carbons (Fsp3) is 0.333. The van der Waals surface area contributed by atoms with Gasteiger partial charge in [-0.05, 0) is 62.0 Å². The minimum atomic E-state index is -0.0880. The van der Waals surface area contributed by atoms with E-state index in [4.69, 9.17) is 21.7 Å². The second kappa shape index (κ2) is 9.08. The zero-order valence-electron chi connectivity index (χ0n) is 18.3. The number of hydrogen-bond donors (Lipinski definition) is 1. The molecule has 1 N–H and O–H groups in total. The number of para-hydroxylation sites is 2. The lowest BCUT2D eigenvalue weighted by Gasteiger charge is -2.29. The summed E-state index contributed by atoms with van der Waals surface area (Å²) in [6, 6.07) is 16.1. The van der Waals surface area contributed by atoms with Crippen LogP contribution < -0.4 is 15.0 Å². The lowest BCUT2D eigenvalue weighted by Crippen LogP contribution is -2.30. The van der Waals surface area contributed by atoms with Gasteiger partial charge < -0.3 is 24.3 Å². The van der Waals surface area contributed by atoms with Crippen LogP contribution in [0.3, 0.4) is 0 Å². The van der Waals surface area contributed by atoms with Crippen molar-refractivity contribution in [3.05, 3.63) is 77.4 Å².